The Hall–Kier alpha value is -1.37. The summed E-state index contributed by atoms with van der Waals surface area (Å²) in [7, 11) is -1.39. The molecule has 1 atom stereocenters. The van der Waals surface area contributed by atoms with Crippen LogP contribution in [0.3, 0.4) is 0 Å². The zero-order valence-electron chi connectivity index (χ0n) is 9.59. The number of hydrogen-bond donors (Lipinski definition) is 1. The summed E-state index contributed by atoms with van der Waals surface area (Å²) < 4.78 is 27.9. The van der Waals surface area contributed by atoms with Gasteiger partial charge in [0.05, 0.1) is 18.6 Å². The average Bonchev–Trinajstić information content (AvgIpc) is 2.28. The van der Waals surface area contributed by atoms with E-state index in [1.54, 1.807) is 12.3 Å². The van der Waals surface area contributed by atoms with Gasteiger partial charge in [0.1, 0.15) is 0 Å². The molecule has 2 rings (SSSR count). The highest BCUT2D eigenvalue weighted by Crippen LogP contribution is 2.16. The summed E-state index contributed by atoms with van der Waals surface area (Å²) in [6.45, 7) is 0. The van der Waals surface area contributed by atoms with Gasteiger partial charge in [0.15, 0.2) is 9.84 Å². The maximum absolute atomic E-state index is 11.5. The molecular formula is C10H15N3O3S. The van der Waals surface area contributed by atoms with Crippen LogP contribution in [0.25, 0.3) is 0 Å². The molecule has 1 aromatic rings. The van der Waals surface area contributed by atoms with E-state index in [2.05, 4.69) is 15.3 Å². The van der Waals surface area contributed by atoms with Gasteiger partial charge in [-0.3, -0.25) is 0 Å². The second-order valence-electron chi connectivity index (χ2n) is 4.02. The fourth-order valence-electron chi connectivity index (χ4n) is 1.84. The van der Waals surface area contributed by atoms with Crippen LogP contribution in [-0.4, -0.2) is 43.0 Å². The smallest absolute Gasteiger partial charge is 0.226 e. The normalized spacial score (nSPS) is 23.0. The third-order valence-electron chi connectivity index (χ3n) is 2.64. The maximum atomic E-state index is 11.5. The van der Waals surface area contributed by atoms with Crippen molar-refractivity contribution in [2.24, 2.45) is 0 Å². The summed E-state index contributed by atoms with van der Waals surface area (Å²) in [5.74, 6) is 1.30. The third-order valence-corrected chi connectivity index (χ3v) is 4.46. The van der Waals surface area contributed by atoms with Crippen molar-refractivity contribution in [3.8, 4) is 5.88 Å². The van der Waals surface area contributed by atoms with E-state index in [4.69, 9.17) is 4.74 Å². The summed E-state index contributed by atoms with van der Waals surface area (Å²) in [4.78, 5) is 8.13. The Bertz CT molecular complexity index is 489. The fourth-order valence-corrected chi connectivity index (χ4v) is 3.48. The van der Waals surface area contributed by atoms with Crippen molar-refractivity contribution in [2.75, 3.05) is 23.9 Å². The van der Waals surface area contributed by atoms with Gasteiger partial charge in [-0.05, 0) is 12.8 Å². The summed E-state index contributed by atoms with van der Waals surface area (Å²) in [6, 6.07) is 1.53. The fraction of sp³-hybridized carbons (Fsp3) is 0.600. The Balaban J connectivity index is 2.05. The number of nitrogens with zero attached hydrogens (tertiary/aromatic N) is 2. The lowest BCUT2D eigenvalue weighted by Gasteiger charge is -2.22. The van der Waals surface area contributed by atoms with E-state index in [-0.39, 0.29) is 17.5 Å². The molecule has 17 heavy (non-hydrogen) atoms. The van der Waals surface area contributed by atoms with Crippen molar-refractivity contribution in [1.82, 2.24) is 9.97 Å². The number of aromatic nitrogens is 2. The molecule has 0 unspecified atom stereocenters. The van der Waals surface area contributed by atoms with Crippen LogP contribution in [0.1, 0.15) is 12.8 Å². The van der Waals surface area contributed by atoms with Gasteiger partial charge < -0.3 is 10.1 Å². The van der Waals surface area contributed by atoms with Gasteiger partial charge in [0.2, 0.25) is 11.8 Å². The molecule has 0 aliphatic carbocycles. The molecule has 1 aromatic heterocycles. The van der Waals surface area contributed by atoms with E-state index in [0.29, 0.717) is 18.2 Å². The highest BCUT2D eigenvalue weighted by molar-refractivity contribution is 7.91. The van der Waals surface area contributed by atoms with Crippen molar-refractivity contribution >= 4 is 15.8 Å². The largest absolute Gasteiger partial charge is 0.481 e. The van der Waals surface area contributed by atoms with Crippen LogP contribution in [0, 0.1) is 0 Å². The molecule has 1 N–H and O–H groups in total. The van der Waals surface area contributed by atoms with Crippen LogP contribution >= 0.6 is 0 Å². The van der Waals surface area contributed by atoms with Crippen molar-refractivity contribution < 1.29 is 13.2 Å². The number of ether oxygens (including phenoxy) is 1. The molecule has 1 aliphatic heterocycles. The molecule has 0 amide bonds. The number of methoxy groups -OCH3 is 1. The molecular weight excluding hydrogens is 242 g/mol. The van der Waals surface area contributed by atoms with Gasteiger partial charge in [-0.15, -0.1) is 0 Å². The first-order chi connectivity index (χ1) is 8.09. The molecule has 94 valence electrons. The Morgan fingerprint density at radius 2 is 2.35 bits per heavy atom. The summed E-state index contributed by atoms with van der Waals surface area (Å²) in [6.07, 6.45) is 3.08. The minimum Gasteiger partial charge on any atom is -0.481 e. The quantitative estimate of drug-likeness (QED) is 0.848. The van der Waals surface area contributed by atoms with Crippen molar-refractivity contribution in [2.45, 2.75) is 18.9 Å². The standard InChI is InChI=1S/C10H15N3O3S/c1-16-9-4-5-11-10(13-9)12-8-3-2-6-17(14,15)7-8/h4-5,8H,2-3,6-7H2,1H3,(H,11,12,13)/t8-/m0/s1. The van der Waals surface area contributed by atoms with Gasteiger partial charge in [-0.25, -0.2) is 13.4 Å². The highest BCUT2D eigenvalue weighted by atomic mass is 32.2. The average molecular weight is 257 g/mol. The van der Waals surface area contributed by atoms with Gasteiger partial charge in [-0.2, -0.15) is 4.98 Å². The summed E-state index contributed by atoms with van der Waals surface area (Å²) in [5.41, 5.74) is 0. The lowest BCUT2D eigenvalue weighted by Crippen LogP contribution is -2.35. The molecule has 0 bridgehead atoms. The van der Waals surface area contributed by atoms with Gasteiger partial charge in [0.25, 0.3) is 0 Å². The Labute approximate surface area is 100 Å². The predicted octanol–water partition coefficient (Wildman–Crippen LogP) is 0.474. The molecule has 0 aromatic carbocycles. The number of anilines is 1. The molecule has 1 fully saturated rings. The zero-order chi connectivity index (χ0) is 12.3. The monoisotopic (exact) mass is 257 g/mol. The molecule has 2 heterocycles. The van der Waals surface area contributed by atoms with Crippen molar-refractivity contribution in [3.05, 3.63) is 12.3 Å². The first-order valence-corrected chi connectivity index (χ1v) is 7.25. The van der Waals surface area contributed by atoms with E-state index in [1.165, 1.54) is 7.11 Å². The topological polar surface area (TPSA) is 81.2 Å². The summed E-state index contributed by atoms with van der Waals surface area (Å²) >= 11 is 0. The van der Waals surface area contributed by atoms with Crippen LogP contribution in [0.15, 0.2) is 12.3 Å². The third kappa shape index (κ3) is 3.29. The Morgan fingerprint density at radius 1 is 1.53 bits per heavy atom. The molecule has 0 saturated carbocycles. The minimum absolute atomic E-state index is 0.110. The van der Waals surface area contributed by atoms with Gasteiger partial charge in [-0.1, -0.05) is 0 Å². The number of hydrogen-bond acceptors (Lipinski definition) is 6. The van der Waals surface area contributed by atoms with Crippen LogP contribution in [0.4, 0.5) is 5.95 Å². The Kier molecular flexibility index (Phi) is 3.46. The molecule has 1 saturated heterocycles. The first kappa shape index (κ1) is 12.1. The summed E-state index contributed by atoms with van der Waals surface area (Å²) in [5, 5.41) is 3.03. The highest BCUT2D eigenvalue weighted by Gasteiger charge is 2.25. The first-order valence-electron chi connectivity index (χ1n) is 5.43. The van der Waals surface area contributed by atoms with Crippen LogP contribution < -0.4 is 10.1 Å². The molecule has 0 radical (unpaired) electrons. The lowest BCUT2D eigenvalue weighted by molar-refractivity contribution is 0.397. The molecule has 1 aliphatic rings. The van der Waals surface area contributed by atoms with Crippen molar-refractivity contribution in [1.29, 1.82) is 0 Å². The minimum atomic E-state index is -2.92. The maximum Gasteiger partial charge on any atom is 0.226 e. The van der Waals surface area contributed by atoms with E-state index in [1.807, 2.05) is 0 Å². The lowest BCUT2D eigenvalue weighted by atomic mass is 10.2. The van der Waals surface area contributed by atoms with E-state index in [9.17, 15) is 8.42 Å². The van der Waals surface area contributed by atoms with E-state index in [0.717, 1.165) is 6.42 Å². The molecule has 7 heteroatoms. The number of rotatable bonds is 3. The second kappa shape index (κ2) is 4.87. The predicted molar refractivity (Wildman–Crippen MR) is 63.9 cm³/mol. The molecule has 0 spiro atoms. The molecule has 6 nitrogen and oxygen atoms in total. The second-order valence-corrected chi connectivity index (χ2v) is 6.25. The van der Waals surface area contributed by atoms with Gasteiger partial charge >= 0.3 is 0 Å². The van der Waals surface area contributed by atoms with Crippen LogP contribution in [0.2, 0.25) is 0 Å². The van der Waals surface area contributed by atoms with E-state index < -0.39 is 9.84 Å². The number of nitrogens with one attached hydrogen (secondary N) is 1. The van der Waals surface area contributed by atoms with Crippen LogP contribution in [0.5, 0.6) is 5.88 Å². The number of sulfone groups is 1. The van der Waals surface area contributed by atoms with E-state index >= 15 is 0 Å². The zero-order valence-corrected chi connectivity index (χ0v) is 10.4. The van der Waals surface area contributed by atoms with Gasteiger partial charge in [0, 0.05) is 18.3 Å². The van der Waals surface area contributed by atoms with Crippen molar-refractivity contribution in [3.63, 3.8) is 0 Å². The van der Waals surface area contributed by atoms with Crippen LogP contribution in [-0.2, 0) is 9.84 Å². The SMILES string of the molecule is COc1ccnc(N[C@H]2CCCS(=O)(=O)C2)n1. The Morgan fingerprint density at radius 3 is 3.06 bits per heavy atom.